The Morgan fingerprint density at radius 2 is 1.73 bits per heavy atom. The number of piperidine rings is 1. The zero-order chi connectivity index (χ0) is 7.95. The monoisotopic (exact) mass is 154 g/mol. The van der Waals surface area contributed by atoms with Crippen molar-refractivity contribution >= 4 is 0 Å². The van der Waals surface area contributed by atoms with Crippen LogP contribution >= 0.6 is 0 Å². The topological polar surface area (TPSA) is 24.1 Å². The zero-order valence-corrected chi connectivity index (χ0v) is 7.54. The Balaban J connectivity index is 2.09. The lowest BCUT2D eigenvalue weighted by Gasteiger charge is -2.59. The van der Waals surface area contributed by atoms with E-state index in [4.69, 9.17) is 0 Å². The fourth-order valence-corrected chi connectivity index (χ4v) is 2.40. The summed E-state index contributed by atoms with van der Waals surface area (Å²) >= 11 is 0. The van der Waals surface area contributed by atoms with Gasteiger partial charge in [-0.25, -0.2) is 0 Å². The lowest BCUT2D eigenvalue weighted by Crippen LogP contribution is -2.71. The second-order valence-corrected chi connectivity index (χ2v) is 4.51. The van der Waals surface area contributed by atoms with E-state index in [2.05, 4.69) is 24.5 Å². The van der Waals surface area contributed by atoms with E-state index in [0.29, 0.717) is 11.0 Å². The third-order valence-corrected chi connectivity index (χ3v) is 3.76. The molecule has 2 N–H and O–H groups in total. The molecule has 0 aromatic heterocycles. The van der Waals surface area contributed by atoms with Gasteiger partial charge < -0.3 is 10.6 Å². The largest absolute Gasteiger partial charge is 0.317 e. The zero-order valence-electron chi connectivity index (χ0n) is 7.54. The van der Waals surface area contributed by atoms with E-state index in [1.54, 1.807) is 0 Å². The van der Waals surface area contributed by atoms with Gasteiger partial charge in [0, 0.05) is 17.5 Å². The Kier molecular flexibility index (Phi) is 1.52. The van der Waals surface area contributed by atoms with Crippen LogP contribution in [0.1, 0.15) is 26.7 Å². The molecular formula is C9H18N2. The molecule has 0 aromatic carbocycles. The van der Waals surface area contributed by atoms with Crippen LogP contribution in [0, 0.1) is 5.41 Å². The van der Waals surface area contributed by atoms with Gasteiger partial charge in [0.25, 0.3) is 0 Å². The van der Waals surface area contributed by atoms with Crippen LogP contribution in [0.5, 0.6) is 0 Å². The Bertz CT molecular complexity index is 157. The molecule has 2 rings (SSSR count). The Labute approximate surface area is 68.7 Å². The molecule has 0 radical (unpaired) electrons. The van der Waals surface area contributed by atoms with Gasteiger partial charge in [0.2, 0.25) is 0 Å². The average Bonchev–Trinajstić information content (AvgIpc) is 2.04. The molecule has 0 unspecified atom stereocenters. The van der Waals surface area contributed by atoms with Crippen molar-refractivity contribution in [2.75, 3.05) is 19.6 Å². The fourth-order valence-electron chi connectivity index (χ4n) is 2.40. The minimum Gasteiger partial charge on any atom is -0.317 e. The lowest BCUT2D eigenvalue weighted by molar-refractivity contribution is -0.0184. The molecule has 11 heavy (non-hydrogen) atoms. The van der Waals surface area contributed by atoms with Crippen LogP contribution in [0.4, 0.5) is 0 Å². The van der Waals surface area contributed by atoms with Gasteiger partial charge in [0.15, 0.2) is 0 Å². The van der Waals surface area contributed by atoms with Crippen molar-refractivity contribution in [1.82, 2.24) is 10.6 Å². The van der Waals surface area contributed by atoms with E-state index in [1.165, 1.54) is 32.5 Å². The van der Waals surface area contributed by atoms with Crippen LogP contribution in [-0.2, 0) is 0 Å². The summed E-state index contributed by atoms with van der Waals surface area (Å²) in [6.45, 7) is 8.33. The molecule has 1 spiro atoms. The van der Waals surface area contributed by atoms with Gasteiger partial charge in [-0.2, -0.15) is 0 Å². The quantitative estimate of drug-likeness (QED) is 0.538. The Hall–Kier alpha value is -0.0800. The highest BCUT2D eigenvalue weighted by Gasteiger charge is 2.52. The first-order chi connectivity index (χ1) is 5.16. The number of nitrogens with one attached hydrogen (secondary N) is 2. The van der Waals surface area contributed by atoms with Crippen LogP contribution in [-0.4, -0.2) is 25.2 Å². The first-order valence-electron chi connectivity index (χ1n) is 4.62. The molecule has 2 heterocycles. The van der Waals surface area contributed by atoms with Crippen molar-refractivity contribution in [2.24, 2.45) is 5.41 Å². The maximum absolute atomic E-state index is 3.52. The second-order valence-electron chi connectivity index (χ2n) is 4.51. The summed E-state index contributed by atoms with van der Waals surface area (Å²) in [6.07, 6.45) is 2.71. The third-order valence-electron chi connectivity index (χ3n) is 3.76. The molecule has 2 aliphatic heterocycles. The maximum atomic E-state index is 3.52. The molecule has 2 nitrogen and oxygen atoms in total. The van der Waals surface area contributed by atoms with Gasteiger partial charge >= 0.3 is 0 Å². The lowest BCUT2D eigenvalue weighted by atomic mass is 9.60. The Morgan fingerprint density at radius 3 is 2.00 bits per heavy atom. The predicted molar refractivity (Wildman–Crippen MR) is 46.6 cm³/mol. The van der Waals surface area contributed by atoms with Gasteiger partial charge in [0.05, 0.1) is 0 Å². The molecule has 2 aliphatic rings. The van der Waals surface area contributed by atoms with Gasteiger partial charge in [-0.1, -0.05) is 0 Å². The van der Waals surface area contributed by atoms with E-state index in [9.17, 15) is 0 Å². The second kappa shape index (κ2) is 2.20. The van der Waals surface area contributed by atoms with Crippen molar-refractivity contribution in [3.63, 3.8) is 0 Å². The average molecular weight is 154 g/mol. The standard InChI is InChI=1S/C9H18N2/c1-8(2)9(7-11-8)3-5-10-6-4-9/h10-11H,3-7H2,1-2H3. The van der Waals surface area contributed by atoms with E-state index in [0.717, 1.165) is 0 Å². The smallest absolute Gasteiger partial charge is 0.0194 e. The highest BCUT2D eigenvalue weighted by Crippen LogP contribution is 2.45. The fraction of sp³-hybridized carbons (Fsp3) is 1.00. The molecule has 64 valence electrons. The normalized spacial score (nSPS) is 33.3. The van der Waals surface area contributed by atoms with Crippen LogP contribution < -0.4 is 10.6 Å². The highest BCUT2D eigenvalue weighted by atomic mass is 15.1. The van der Waals surface area contributed by atoms with Crippen molar-refractivity contribution < 1.29 is 0 Å². The number of hydrogen-bond donors (Lipinski definition) is 2. The minimum atomic E-state index is 0.398. The molecule has 0 bridgehead atoms. The molecule has 0 aromatic rings. The van der Waals surface area contributed by atoms with Crippen LogP contribution in [0.2, 0.25) is 0 Å². The number of hydrogen-bond acceptors (Lipinski definition) is 2. The van der Waals surface area contributed by atoms with Crippen molar-refractivity contribution in [1.29, 1.82) is 0 Å². The van der Waals surface area contributed by atoms with Gasteiger partial charge in [0.1, 0.15) is 0 Å². The van der Waals surface area contributed by atoms with Gasteiger partial charge in [-0.3, -0.25) is 0 Å². The van der Waals surface area contributed by atoms with Gasteiger partial charge in [-0.15, -0.1) is 0 Å². The Morgan fingerprint density at radius 1 is 1.09 bits per heavy atom. The van der Waals surface area contributed by atoms with E-state index < -0.39 is 0 Å². The van der Waals surface area contributed by atoms with Crippen molar-refractivity contribution in [2.45, 2.75) is 32.2 Å². The molecule has 2 fully saturated rings. The molecule has 0 atom stereocenters. The van der Waals surface area contributed by atoms with Crippen LogP contribution in [0.3, 0.4) is 0 Å². The predicted octanol–water partition coefficient (Wildman–Crippen LogP) is 0.738. The molecule has 0 aliphatic carbocycles. The van der Waals surface area contributed by atoms with Crippen molar-refractivity contribution in [3.8, 4) is 0 Å². The highest BCUT2D eigenvalue weighted by molar-refractivity contribution is 5.10. The molecular weight excluding hydrogens is 136 g/mol. The minimum absolute atomic E-state index is 0.398. The first-order valence-corrected chi connectivity index (χ1v) is 4.62. The maximum Gasteiger partial charge on any atom is 0.0194 e. The number of rotatable bonds is 0. The van der Waals surface area contributed by atoms with Crippen molar-refractivity contribution in [3.05, 3.63) is 0 Å². The summed E-state index contributed by atoms with van der Waals surface area (Å²) in [7, 11) is 0. The first kappa shape index (κ1) is 7.56. The van der Waals surface area contributed by atoms with Gasteiger partial charge in [-0.05, 0) is 39.8 Å². The molecule has 2 saturated heterocycles. The molecule has 0 amide bonds. The summed E-state index contributed by atoms with van der Waals surface area (Å²) < 4.78 is 0. The summed E-state index contributed by atoms with van der Waals surface area (Å²) in [5.74, 6) is 0. The summed E-state index contributed by atoms with van der Waals surface area (Å²) in [4.78, 5) is 0. The summed E-state index contributed by atoms with van der Waals surface area (Å²) in [5.41, 5.74) is 1.02. The molecule has 2 heteroatoms. The van der Waals surface area contributed by atoms with E-state index >= 15 is 0 Å². The third kappa shape index (κ3) is 0.926. The van der Waals surface area contributed by atoms with E-state index in [-0.39, 0.29) is 0 Å². The molecule has 0 saturated carbocycles. The SMILES string of the molecule is CC1(C)NCC12CCNCC2. The van der Waals surface area contributed by atoms with Crippen LogP contribution in [0.25, 0.3) is 0 Å². The summed E-state index contributed by atoms with van der Waals surface area (Å²) in [6, 6.07) is 0. The van der Waals surface area contributed by atoms with E-state index in [1.807, 2.05) is 0 Å². The van der Waals surface area contributed by atoms with Crippen LogP contribution in [0.15, 0.2) is 0 Å². The summed E-state index contributed by atoms with van der Waals surface area (Å²) in [5, 5.41) is 6.94.